The third-order valence-corrected chi connectivity index (χ3v) is 9.27. The van der Waals surface area contributed by atoms with Gasteiger partial charge in [-0.15, -0.1) is 0 Å². The van der Waals surface area contributed by atoms with E-state index < -0.39 is 188 Å². The van der Waals surface area contributed by atoms with Gasteiger partial charge in [-0.25, -0.2) is 0 Å². The van der Waals surface area contributed by atoms with E-state index in [1.807, 2.05) is 37.2 Å². The lowest BCUT2D eigenvalue weighted by molar-refractivity contribution is -0.368. The molecule has 33 heteroatoms. The Bertz CT molecular complexity index is 1980. The lowest BCUT2D eigenvalue weighted by atomic mass is 10.1. The average molecular weight is 1000 g/mol. The molecule has 0 aromatic carbocycles. The van der Waals surface area contributed by atoms with Gasteiger partial charge >= 0.3 is 0 Å². The minimum Gasteiger partial charge on any atom is -0.550 e. The van der Waals surface area contributed by atoms with E-state index >= 15 is 0 Å². The molecule has 0 aliphatic carbocycles. The summed E-state index contributed by atoms with van der Waals surface area (Å²) in [6.07, 6.45) is -7.11. The second-order valence-corrected chi connectivity index (χ2v) is 14.9. The third kappa shape index (κ3) is 24.1. The molecule has 9 atom stereocenters. The minimum absolute atomic E-state index is 0.170. The van der Waals surface area contributed by atoms with E-state index in [2.05, 4.69) is 16.4 Å². The van der Waals surface area contributed by atoms with Gasteiger partial charge in [0, 0.05) is 74.3 Å². The number of likely N-dealkylation sites (N-methyl/N-ethyl adjacent to an activating group) is 1. The molecule has 70 heavy (non-hydrogen) atoms. The largest absolute Gasteiger partial charge is 0.550 e. The van der Waals surface area contributed by atoms with Crippen molar-refractivity contribution in [2.75, 3.05) is 20.2 Å². The fraction of sp³-hybridized carbons (Fsp3) is 0.595. The van der Waals surface area contributed by atoms with Crippen LogP contribution in [0.2, 0.25) is 0 Å². The zero-order valence-corrected chi connectivity index (χ0v) is 37.3. The maximum absolute atomic E-state index is 13.3. The third-order valence-electron chi connectivity index (χ3n) is 9.27. The fourth-order valence-electron chi connectivity index (χ4n) is 5.68. The van der Waals surface area contributed by atoms with Gasteiger partial charge in [0.1, 0.15) is 48.3 Å². The standard InChI is InChI=1S/C37H57N11O22/c1-14(41-33(66)18(9-25(54)55)46-35(68)21(12-28(60)61)45-32(65)17(40-2)8-24(52)53)30(63)44-19(10-26(56)57)36(69)48-22(13-49)37(70)47-20(11-27(58)59)34(67)42-15(5-3-4-6-38)31(64)43-16(29(39)62)7-23(50)51/h14-22,40,49H,3-13,38H2,1-2H3,(H2,39,62)(H,41,66)(H,42,67)(H,43,64)(H,44,63)(H,45,65)(H,46,68)(H,47,70)(H,48,69)(H,50,51)(H,52,53)(H,54,55)(H,56,57)(H,58,59)(H,60,61)/p-5/t14-,15-,16?,17?,18?,19?,20?,21-,22-/m0/s1. The number of nitrogens with one attached hydrogen (secondary N) is 9. The van der Waals surface area contributed by atoms with Crippen LogP contribution in [0.1, 0.15) is 64.7 Å². The molecule has 0 rings (SSSR count). The summed E-state index contributed by atoms with van der Waals surface area (Å²) in [6, 6.07) is -17.9. The fourth-order valence-corrected chi connectivity index (χ4v) is 5.68. The molecule has 392 valence electrons. The quantitative estimate of drug-likeness (QED) is 0.0262. The summed E-state index contributed by atoms with van der Waals surface area (Å²) in [5.74, 6) is -24.3. The summed E-state index contributed by atoms with van der Waals surface area (Å²) < 4.78 is 0. The van der Waals surface area contributed by atoms with Crippen molar-refractivity contribution in [1.29, 1.82) is 0 Å². The number of quaternary nitrogens is 1. The monoisotopic (exact) mass is 1000 g/mol. The molecule has 0 spiro atoms. The maximum atomic E-state index is 13.3. The van der Waals surface area contributed by atoms with E-state index in [0.29, 0.717) is 13.0 Å². The number of carboxylic acids is 6. The highest BCUT2D eigenvalue weighted by Gasteiger charge is 2.34. The van der Waals surface area contributed by atoms with Gasteiger partial charge in [-0.2, -0.15) is 0 Å². The Hall–Kier alpha value is -8.07. The molecular formula is C37H52N11O22-5. The van der Waals surface area contributed by atoms with E-state index in [9.17, 15) is 108 Å². The van der Waals surface area contributed by atoms with Crippen molar-refractivity contribution >= 4 is 89.0 Å². The number of rotatable bonds is 35. The first-order valence-electron chi connectivity index (χ1n) is 20.6. The van der Waals surface area contributed by atoms with Gasteiger partial charge in [0.25, 0.3) is 0 Å². The normalized spacial score (nSPS) is 14.6. The molecule has 0 saturated heterocycles. The summed E-state index contributed by atoms with van der Waals surface area (Å²) >= 11 is 0. The molecule has 0 saturated carbocycles. The summed E-state index contributed by atoms with van der Waals surface area (Å²) in [5, 5.41) is 95.4. The van der Waals surface area contributed by atoms with Gasteiger partial charge in [0.2, 0.25) is 53.2 Å². The SMILES string of the molecule is CNC(CC(=O)[O-])C(=O)N[C@@H](CC(=O)[O-])C(=O)NC(CC(=O)[O-])C(=O)N[C@@H](C)C(=O)NC(CC(=O)[O-])C(=O)N[C@@H](CO)C(=O)NC(CC(=O)[O-])C(=O)N[C@@H](CCCC[NH3+])C(=O)NC(CC(=O)[O-])C(N)=O. The minimum atomic E-state index is -2.24. The summed E-state index contributed by atoms with van der Waals surface area (Å²) in [6.45, 7) is -0.155. The molecule has 0 radical (unpaired) electrons. The van der Waals surface area contributed by atoms with Crippen molar-refractivity contribution < 1.29 is 113 Å². The molecule has 0 bridgehead atoms. The highest BCUT2D eigenvalue weighted by atomic mass is 16.4. The Morgan fingerprint density at radius 3 is 1.03 bits per heavy atom. The van der Waals surface area contributed by atoms with Crippen LogP contribution in [0.15, 0.2) is 0 Å². The number of amides is 9. The number of aliphatic hydroxyl groups excluding tert-OH is 1. The molecule has 0 fully saturated rings. The van der Waals surface area contributed by atoms with E-state index in [4.69, 9.17) is 5.73 Å². The molecular weight excluding hydrogens is 950 g/mol. The summed E-state index contributed by atoms with van der Waals surface area (Å²) in [4.78, 5) is 184. The average Bonchev–Trinajstić information content (AvgIpc) is 3.24. The highest BCUT2D eigenvalue weighted by molar-refractivity contribution is 6.00. The van der Waals surface area contributed by atoms with Crippen LogP contribution in [0.25, 0.3) is 0 Å². The zero-order valence-electron chi connectivity index (χ0n) is 37.3. The maximum Gasteiger partial charge on any atom is 0.245 e. The highest BCUT2D eigenvalue weighted by Crippen LogP contribution is 2.06. The molecule has 33 nitrogen and oxygen atoms in total. The Morgan fingerprint density at radius 1 is 0.414 bits per heavy atom. The van der Waals surface area contributed by atoms with Crippen LogP contribution in [0.4, 0.5) is 0 Å². The predicted octanol–water partition coefficient (Wildman–Crippen LogP) is -17.8. The first-order chi connectivity index (χ1) is 32.6. The number of nitrogens with two attached hydrogens (primary N) is 1. The lowest BCUT2D eigenvalue weighted by Gasteiger charge is -2.27. The molecule has 0 aliphatic rings. The number of carbonyl (C=O) groups excluding carboxylic acids is 15. The van der Waals surface area contributed by atoms with Gasteiger partial charge < -0.3 is 124 Å². The molecule has 9 amide bonds. The number of primary amides is 1. The van der Waals surface area contributed by atoms with Crippen LogP contribution >= 0.6 is 0 Å². The first-order valence-corrected chi connectivity index (χ1v) is 20.6. The number of hydrogen-bond acceptors (Lipinski definition) is 23. The van der Waals surface area contributed by atoms with Crippen molar-refractivity contribution in [3.8, 4) is 0 Å². The molecule has 15 N–H and O–H groups in total. The lowest BCUT2D eigenvalue weighted by Crippen LogP contribution is -2.61. The van der Waals surface area contributed by atoms with Gasteiger partial charge in [0.15, 0.2) is 0 Å². The first kappa shape index (κ1) is 61.9. The van der Waals surface area contributed by atoms with Crippen molar-refractivity contribution in [3.63, 3.8) is 0 Å². The number of unbranched alkanes of at least 4 members (excludes halogenated alkanes) is 1. The summed E-state index contributed by atoms with van der Waals surface area (Å²) in [7, 11) is 1.12. The van der Waals surface area contributed by atoms with Crippen LogP contribution in [0.5, 0.6) is 0 Å². The van der Waals surface area contributed by atoms with Crippen molar-refractivity contribution in [2.24, 2.45) is 5.73 Å². The van der Waals surface area contributed by atoms with Gasteiger partial charge in [-0.1, -0.05) is 0 Å². The molecule has 0 heterocycles. The number of aliphatic hydroxyl groups is 1. The topological polar surface area (TPSA) is 577 Å². The summed E-state index contributed by atoms with van der Waals surface area (Å²) in [5.41, 5.74) is 8.73. The second kappa shape index (κ2) is 31.1. The Labute approximate surface area is 394 Å². The van der Waals surface area contributed by atoms with Crippen molar-refractivity contribution in [1.82, 2.24) is 47.9 Å². The van der Waals surface area contributed by atoms with Crippen LogP contribution in [-0.4, -0.2) is 169 Å². The predicted molar refractivity (Wildman–Crippen MR) is 210 cm³/mol. The van der Waals surface area contributed by atoms with E-state index in [-0.39, 0.29) is 12.8 Å². The number of hydrogen-bond donors (Lipinski definition) is 12. The van der Waals surface area contributed by atoms with Crippen LogP contribution in [-0.2, 0) is 71.9 Å². The van der Waals surface area contributed by atoms with Crippen LogP contribution in [0.3, 0.4) is 0 Å². The molecule has 5 unspecified atom stereocenters. The van der Waals surface area contributed by atoms with Gasteiger partial charge in [-0.3, -0.25) is 43.2 Å². The van der Waals surface area contributed by atoms with Gasteiger partial charge in [-0.05, 0) is 33.2 Å². The van der Waals surface area contributed by atoms with Crippen molar-refractivity contribution in [3.05, 3.63) is 0 Å². The molecule has 0 aromatic heterocycles. The van der Waals surface area contributed by atoms with Crippen LogP contribution in [0, 0.1) is 0 Å². The van der Waals surface area contributed by atoms with E-state index in [1.165, 1.54) is 0 Å². The second-order valence-electron chi connectivity index (χ2n) is 14.9. The Kier molecular flexibility index (Phi) is 27.5. The van der Waals surface area contributed by atoms with Crippen molar-refractivity contribution in [2.45, 2.75) is 119 Å². The van der Waals surface area contributed by atoms with E-state index in [0.717, 1.165) is 14.0 Å². The Balaban J connectivity index is 6.26. The van der Waals surface area contributed by atoms with Gasteiger partial charge in [0.05, 0.1) is 19.2 Å². The number of carboxylic acid groups (broad SMARTS) is 6. The number of aliphatic carboxylic acids is 6. The molecule has 0 aliphatic heterocycles. The smallest absolute Gasteiger partial charge is 0.245 e. The number of carbonyl (C=O) groups is 15. The van der Waals surface area contributed by atoms with E-state index in [1.54, 1.807) is 0 Å². The van der Waals surface area contributed by atoms with Crippen LogP contribution < -0.4 is 90.0 Å². The zero-order chi connectivity index (χ0) is 54.0. The molecule has 0 aromatic rings. The Morgan fingerprint density at radius 2 is 0.686 bits per heavy atom.